The molecule has 1 aromatic carbocycles. The van der Waals surface area contributed by atoms with Crippen molar-refractivity contribution in [1.82, 2.24) is 14.5 Å². The van der Waals surface area contributed by atoms with E-state index in [2.05, 4.69) is 9.97 Å². The lowest BCUT2D eigenvalue weighted by molar-refractivity contribution is -0.121. The molecular formula is C21H23N5O5S. The zero-order chi connectivity index (χ0) is 23.3. The normalized spacial score (nSPS) is 10.7. The minimum absolute atomic E-state index is 0.114. The van der Waals surface area contributed by atoms with Gasteiger partial charge in [-0.05, 0) is 18.9 Å². The molecule has 2 heterocycles. The molecule has 0 saturated heterocycles. The maximum atomic E-state index is 12.9. The molecule has 10 nitrogen and oxygen atoms in total. The van der Waals surface area contributed by atoms with E-state index in [1.165, 1.54) is 10.8 Å². The van der Waals surface area contributed by atoms with Crippen LogP contribution in [-0.2, 0) is 16.1 Å². The van der Waals surface area contributed by atoms with Gasteiger partial charge in [0, 0.05) is 6.54 Å². The number of carbonyl (C=O) groups excluding carboxylic acids is 2. The molecule has 0 aliphatic heterocycles. The van der Waals surface area contributed by atoms with E-state index >= 15 is 0 Å². The molecular weight excluding hydrogens is 434 g/mol. The van der Waals surface area contributed by atoms with E-state index in [1.54, 1.807) is 6.92 Å². The molecule has 0 spiro atoms. The Labute approximate surface area is 187 Å². The number of hydrogen-bond acceptors (Lipinski definition) is 8. The molecule has 2 aromatic heterocycles. The molecule has 168 valence electrons. The van der Waals surface area contributed by atoms with Crippen LogP contribution in [0.2, 0.25) is 0 Å². The van der Waals surface area contributed by atoms with Crippen LogP contribution in [0.25, 0.3) is 0 Å². The molecule has 0 aliphatic carbocycles. The fourth-order valence-electron chi connectivity index (χ4n) is 3.08. The molecule has 0 fully saturated rings. The number of esters is 1. The van der Waals surface area contributed by atoms with Crippen LogP contribution in [0.5, 0.6) is 0 Å². The Kier molecular flexibility index (Phi) is 7.21. The van der Waals surface area contributed by atoms with E-state index in [0.29, 0.717) is 11.4 Å². The number of ether oxygens (including phenoxy) is 1. The highest BCUT2D eigenvalue weighted by molar-refractivity contribution is 7.13. The lowest BCUT2D eigenvalue weighted by Crippen LogP contribution is -2.43. The quantitative estimate of drug-likeness (QED) is 0.489. The number of amides is 1. The summed E-state index contributed by atoms with van der Waals surface area (Å²) in [6.07, 6.45) is 1.88. The van der Waals surface area contributed by atoms with Gasteiger partial charge in [-0.1, -0.05) is 37.3 Å². The van der Waals surface area contributed by atoms with Gasteiger partial charge in [-0.15, -0.1) is 11.3 Å². The third kappa shape index (κ3) is 5.11. The van der Waals surface area contributed by atoms with Crippen LogP contribution in [0, 0.1) is 6.92 Å². The summed E-state index contributed by atoms with van der Waals surface area (Å²) in [5, 5.41) is 0.691. The van der Waals surface area contributed by atoms with Crippen molar-refractivity contribution in [2.75, 3.05) is 23.8 Å². The van der Waals surface area contributed by atoms with E-state index < -0.39 is 29.7 Å². The van der Waals surface area contributed by atoms with E-state index in [1.807, 2.05) is 37.3 Å². The zero-order valence-electron chi connectivity index (χ0n) is 17.7. The number of benzene rings is 1. The number of rotatable bonds is 8. The highest BCUT2D eigenvalue weighted by atomic mass is 32.1. The van der Waals surface area contributed by atoms with Crippen LogP contribution in [0.4, 0.5) is 11.5 Å². The van der Waals surface area contributed by atoms with Gasteiger partial charge in [-0.2, -0.15) is 0 Å². The van der Waals surface area contributed by atoms with Crippen LogP contribution >= 0.6 is 11.3 Å². The number of H-pyrrole nitrogens is 1. The maximum absolute atomic E-state index is 12.9. The summed E-state index contributed by atoms with van der Waals surface area (Å²) in [5.74, 6) is -1.46. The van der Waals surface area contributed by atoms with Gasteiger partial charge in [0.2, 0.25) is 0 Å². The second-order valence-corrected chi connectivity index (χ2v) is 8.16. The zero-order valence-corrected chi connectivity index (χ0v) is 18.5. The minimum atomic E-state index is -0.789. The number of aromatic amines is 1. The summed E-state index contributed by atoms with van der Waals surface area (Å²) < 4.78 is 6.29. The van der Waals surface area contributed by atoms with Crippen molar-refractivity contribution < 1.29 is 14.3 Å². The van der Waals surface area contributed by atoms with Crippen molar-refractivity contribution >= 4 is 34.7 Å². The van der Waals surface area contributed by atoms with Gasteiger partial charge in [0.25, 0.3) is 11.5 Å². The van der Waals surface area contributed by atoms with Crippen LogP contribution in [-0.4, -0.2) is 39.6 Å². The average Bonchev–Trinajstić information content (AvgIpc) is 3.21. The lowest BCUT2D eigenvalue weighted by atomic mass is 10.2. The van der Waals surface area contributed by atoms with Gasteiger partial charge in [0.1, 0.15) is 10.7 Å². The highest BCUT2D eigenvalue weighted by Crippen LogP contribution is 2.19. The number of nitrogens with one attached hydrogen (secondary N) is 1. The number of carbonyl (C=O) groups is 2. The van der Waals surface area contributed by atoms with Gasteiger partial charge in [-0.3, -0.25) is 19.1 Å². The third-order valence-corrected chi connectivity index (χ3v) is 5.46. The van der Waals surface area contributed by atoms with Crippen LogP contribution < -0.4 is 21.9 Å². The van der Waals surface area contributed by atoms with Gasteiger partial charge in [-0.25, -0.2) is 14.6 Å². The Hall–Kier alpha value is -3.73. The third-order valence-electron chi connectivity index (χ3n) is 4.56. The molecule has 1 amide bonds. The molecule has 0 atom stereocenters. The number of nitrogen functional groups attached to an aromatic ring is 1. The Morgan fingerprint density at radius 3 is 2.59 bits per heavy atom. The first-order valence-corrected chi connectivity index (χ1v) is 10.7. The highest BCUT2D eigenvalue weighted by Gasteiger charge is 2.25. The molecule has 32 heavy (non-hydrogen) atoms. The van der Waals surface area contributed by atoms with Gasteiger partial charge in [0.15, 0.2) is 12.3 Å². The standard InChI is InChI=1S/C21H23N5O5S/c1-3-9-25(16(27)12-31-20(29)15-10-23-13(2)32-15)17-18(22)26(21(30)24-19(17)28)11-14-7-5-4-6-8-14/h4-8,10H,3,9,11-12,22H2,1-2H3,(H,24,28,30). The summed E-state index contributed by atoms with van der Waals surface area (Å²) in [6.45, 7) is 3.23. The molecule has 0 unspecified atom stereocenters. The van der Waals surface area contributed by atoms with Crippen molar-refractivity contribution in [1.29, 1.82) is 0 Å². The number of aromatic nitrogens is 3. The van der Waals surface area contributed by atoms with Crippen LogP contribution in [0.3, 0.4) is 0 Å². The number of aryl methyl sites for hydroxylation is 1. The Balaban J connectivity index is 1.88. The fraction of sp³-hybridized carbons (Fsp3) is 0.286. The van der Waals surface area contributed by atoms with E-state index in [0.717, 1.165) is 21.8 Å². The smallest absolute Gasteiger partial charge is 0.350 e. The number of nitrogens with two attached hydrogens (primary N) is 1. The summed E-state index contributed by atoms with van der Waals surface area (Å²) in [6, 6.07) is 9.09. The van der Waals surface area contributed by atoms with Crippen molar-refractivity contribution in [3.8, 4) is 0 Å². The molecule has 3 rings (SSSR count). The summed E-state index contributed by atoms with van der Waals surface area (Å²) in [4.78, 5) is 57.6. The predicted octanol–water partition coefficient (Wildman–Crippen LogP) is 1.53. The van der Waals surface area contributed by atoms with Crippen molar-refractivity contribution in [3.63, 3.8) is 0 Å². The number of nitrogens with zero attached hydrogens (tertiary/aromatic N) is 3. The fourth-order valence-corrected chi connectivity index (χ4v) is 3.75. The van der Waals surface area contributed by atoms with E-state index in [9.17, 15) is 19.2 Å². The van der Waals surface area contributed by atoms with Gasteiger partial charge in [0.05, 0.1) is 17.7 Å². The van der Waals surface area contributed by atoms with Crippen LogP contribution in [0.15, 0.2) is 46.1 Å². The monoisotopic (exact) mass is 457 g/mol. The topological polar surface area (TPSA) is 140 Å². The van der Waals surface area contributed by atoms with E-state index in [4.69, 9.17) is 10.5 Å². The largest absolute Gasteiger partial charge is 0.451 e. The number of hydrogen-bond donors (Lipinski definition) is 2. The van der Waals surface area contributed by atoms with Crippen LogP contribution in [0.1, 0.15) is 33.6 Å². The van der Waals surface area contributed by atoms with Gasteiger partial charge >= 0.3 is 11.7 Å². The van der Waals surface area contributed by atoms with Gasteiger partial charge < -0.3 is 15.4 Å². The number of anilines is 2. The summed E-state index contributed by atoms with van der Waals surface area (Å²) in [5.41, 5.74) is 5.35. The summed E-state index contributed by atoms with van der Waals surface area (Å²) in [7, 11) is 0. The van der Waals surface area contributed by atoms with E-state index in [-0.39, 0.29) is 29.5 Å². The molecule has 0 radical (unpaired) electrons. The molecule has 3 aromatic rings. The molecule has 0 bridgehead atoms. The second-order valence-electron chi connectivity index (χ2n) is 6.93. The minimum Gasteiger partial charge on any atom is -0.451 e. The first-order valence-electron chi connectivity index (χ1n) is 9.88. The Morgan fingerprint density at radius 1 is 1.25 bits per heavy atom. The second kappa shape index (κ2) is 10.1. The van der Waals surface area contributed by atoms with Crippen molar-refractivity contribution in [3.05, 3.63) is 72.8 Å². The summed E-state index contributed by atoms with van der Waals surface area (Å²) >= 11 is 1.15. The number of thiazole rings is 1. The Morgan fingerprint density at radius 2 is 1.97 bits per heavy atom. The molecule has 11 heteroatoms. The average molecular weight is 458 g/mol. The maximum Gasteiger partial charge on any atom is 0.350 e. The van der Waals surface area contributed by atoms with Crippen molar-refractivity contribution in [2.24, 2.45) is 0 Å². The predicted molar refractivity (Wildman–Crippen MR) is 121 cm³/mol. The molecule has 3 N–H and O–H groups in total. The lowest BCUT2D eigenvalue weighted by Gasteiger charge is -2.24. The van der Waals surface area contributed by atoms with Crippen molar-refractivity contribution in [2.45, 2.75) is 26.8 Å². The first-order chi connectivity index (χ1) is 15.3. The Bertz CT molecular complexity index is 1230. The molecule has 0 aliphatic rings. The molecule has 0 saturated carbocycles. The first kappa shape index (κ1) is 22.9. The SMILES string of the molecule is CCCN(C(=O)COC(=O)c1cnc(C)s1)c1c(N)n(Cc2ccccc2)c(=O)[nH]c1=O.